The van der Waals surface area contributed by atoms with Crippen LogP contribution in [-0.4, -0.2) is 23.6 Å². The van der Waals surface area contributed by atoms with Crippen LogP contribution in [0, 0.1) is 5.82 Å². The van der Waals surface area contributed by atoms with Gasteiger partial charge in [0.05, 0.1) is 17.0 Å². The molecule has 0 bridgehead atoms. The number of cyclic esters (lactones) is 1. The molecule has 0 spiro atoms. The Balaban J connectivity index is 1.83. The van der Waals surface area contributed by atoms with Crippen molar-refractivity contribution in [2.24, 2.45) is 0 Å². The monoisotopic (exact) mass is 339 g/mol. The Hall–Kier alpha value is -3.15. The molecule has 0 fully saturated rings. The number of carbonyl (C=O) groups is 2. The fourth-order valence-corrected chi connectivity index (χ4v) is 3.36. The maximum atomic E-state index is 13.6. The Morgan fingerprint density at radius 3 is 2.60 bits per heavy atom. The van der Waals surface area contributed by atoms with Crippen molar-refractivity contribution < 1.29 is 23.8 Å². The zero-order valence-corrected chi connectivity index (χ0v) is 13.1. The molecule has 5 nitrogen and oxygen atoms in total. The van der Waals surface area contributed by atoms with Crippen LogP contribution in [0.25, 0.3) is 0 Å². The van der Waals surface area contributed by atoms with Gasteiger partial charge in [-0.05, 0) is 35.9 Å². The number of anilines is 1. The van der Waals surface area contributed by atoms with E-state index in [1.807, 2.05) is 0 Å². The third-order valence-electron chi connectivity index (χ3n) is 4.48. The summed E-state index contributed by atoms with van der Waals surface area (Å²) in [6.07, 6.45) is 0.0647. The van der Waals surface area contributed by atoms with Gasteiger partial charge in [-0.1, -0.05) is 18.2 Å². The molecule has 6 heteroatoms. The average molecular weight is 339 g/mol. The van der Waals surface area contributed by atoms with E-state index in [4.69, 9.17) is 4.74 Å². The van der Waals surface area contributed by atoms with Crippen LogP contribution in [-0.2, 0) is 14.3 Å². The molecular formula is C19H14FNO4. The highest BCUT2D eigenvalue weighted by molar-refractivity contribution is 6.06. The summed E-state index contributed by atoms with van der Waals surface area (Å²) < 4.78 is 18.7. The summed E-state index contributed by atoms with van der Waals surface area (Å²) in [7, 11) is 0. The number of halogens is 1. The van der Waals surface area contributed by atoms with Crippen molar-refractivity contribution in [3.05, 3.63) is 71.2 Å². The molecule has 2 aromatic rings. The lowest BCUT2D eigenvalue weighted by molar-refractivity contribution is -0.136. The second kappa shape index (κ2) is 5.73. The maximum Gasteiger partial charge on any atom is 0.336 e. The van der Waals surface area contributed by atoms with Crippen molar-refractivity contribution in [1.82, 2.24) is 0 Å². The molecule has 0 aliphatic carbocycles. The number of benzene rings is 2. The largest absolute Gasteiger partial charge is 0.508 e. The minimum absolute atomic E-state index is 0.0228. The number of amides is 1. The van der Waals surface area contributed by atoms with Crippen LogP contribution in [0.1, 0.15) is 17.9 Å². The normalized spacial score (nSPS) is 19.9. The van der Waals surface area contributed by atoms with Gasteiger partial charge in [-0.25, -0.2) is 9.18 Å². The minimum Gasteiger partial charge on any atom is -0.508 e. The van der Waals surface area contributed by atoms with Crippen molar-refractivity contribution in [1.29, 1.82) is 0 Å². The number of hydrogen-bond acceptors (Lipinski definition) is 4. The molecule has 1 N–H and O–H groups in total. The number of ether oxygens (including phenoxy) is 1. The lowest BCUT2D eigenvalue weighted by atomic mass is 9.84. The van der Waals surface area contributed by atoms with E-state index < -0.39 is 17.7 Å². The zero-order chi connectivity index (χ0) is 17.6. The molecule has 1 amide bonds. The summed E-state index contributed by atoms with van der Waals surface area (Å²) in [5.74, 6) is -1.50. The third-order valence-corrected chi connectivity index (χ3v) is 4.48. The number of phenols is 1. The fraction of sp³-hybridized carbons (Fsp3) is 0.158. The van der Waals surface area contributed by atoms with E-state index in [1.165, 1.54) is 35.2 Å². The van der Waals surface area contributed by atoms with E-state index in [2.05, 4.69) is 0 Å². The molecule has 2 heterocycles. The average Bonchev–Trinajstić information content (AvgIpc) is 2.96. The third kappa shape index (κ3) is 2.55. The smallest absolute Gasteiger partial charge is 0.336 e. The van der Waals surface area contributed by atoms with Crippen LogP contribution in [0.5, 0.6) is 5.75 Å². The first-order valence-corrected chi connectivity index (χ1v) is 7.82. The molecule has 25 heavy (non-hydrogen) atoms. The summed E-state index contributed by atoms with van der Waals surface area (Å²) in [6.45, 7) is -0.0228. The number of esters is 1. The SMILES string of the molecule is O=C1OCC2=C1[C@@H](c1ccc(O)cc1)CC(=O)N2c1cccc(F)c1. The highest BCUT2D eigenvalue weighted by Crippen LogP contribution is 2.42. The summed E-state index contributed by atoms with van der Waals surface area (Å²) in [6, 6.07) is 12.1. The van der Waals surface area contributed by atoms with E-state index in [0.717, 1.165) is 5.56 Å². The molecule has 0 aromatic heterocycles. The highest BCUT2D eigenvalue weighted by atomic mass is 19.1. The molecule has 2 aliphatic rings. The molecule has 1 atom stereocenters. The lowest BCUT2D eigenvalue weighted by Crippen LogP contribution is -2.37. The molecule has 0 saturated carbocycles. The van der Waals surface area contributed by atoms with Crippen LogP contribution in [0.15, 0.2) is 59.8 Å². The molecule has 4 rings (SSSR count). The van der Waals surface area contributed by atoms with Gasteiger partial charge in [0.25, 0.3) is 0 Å². The first-order valence-electron chi connectivity index (χ1n) is 7.82. The van der Waals surface area contributed by atoms with Gasteiger partial charge in [0.15, 0.2) is 0 Å². The van der Waals surface area contributed by atoms with Crippen LogP contribution in [0.2, 0.25) is 0 Å². The quantitative estimate of drug-likeness (QED) is 0.855. The van der Waals surface area contributed by atoms with Gasteiger partial charge in [0.2, 0.25) is 5.91 Å². The standard InChI is InChI=1S/C19H14FNO4/c20-12-2-1-3-13(8-12)21-16-10-25-19(24)18(16)15(9-17(21)23)11-4-6-14(22)7-5-11/h1-8,15,22H,9-10H2/t15-/m1/s1. The molecule has 0 radical (unpaired) electrons. The summed E-state index contributed by atoms with van der Waals surface area (Å²) in [4.78, 5) is 26.4. The van der Waals surface area contributed by atoms with Gasteiger partial charge in [0.1, 0.15) is 18.2 Å². The molecule has 2 aliphatic heterocycles. The molecule has 0 unspecified atom stereocenters. The Bertz CT molecular complexity index is 904. The van der Waals surface area contributed by atoms with E-state index >= 15 is 0 Å². The van der Waals surface area contributed by atoms with Gasteiger partial charge in [-0.15, -0.1) is 0 Å². The lowest BCUT2D eigenvalue weighted by Gasteiger charge is -2.31. The topological polar surface area (TPSA) is 66.8 Å². The van der Waals surface area contributed by atoms with Gasteiger partial charge >= 0.3 is 5.97 Å². The fourth-order valence-electron chi connectivity index (χ4n) is 3.36. The molecule has 126 valence electrons. The predicted molar refractivity (Wildman–Crippen MR) is 87.3 cm³/mol. The molecule has 2 aromatic carbocycles. The number of hydrogen-bond donors (Lipinski definition) is 1. The van der Waals surface area contributed by atoms with Gasteiger partial charge in [-0.2, -0.15) is 0 Å². The first kappa shape index (κ1) is 15.4. The van der Waals surface area contributed by atoms with Crippen LogP contribution >= 0.6 is 0 Å². The Morgan fingerprint density at radius 1 is 1.12 bits per heavy atom. The second-order valence-corrected chi connectivity index (χ2v) is 5.99. The van der Waals surface area contributed by atoms with Crippen molar-refractivity contribution >= 4 is 17.6 Å². The number of aromatic hydroxyl groups is 1. The summed E-state index contributed by atoms with van der Waals surface area (Å²) >= 11 is 0. The van der Waals surface area contributed by atoms with Gasteiger partial charge in [-0.3, -0.25) is 9.69 Å². The Morgan fingerprint density at radius 2 is 1.88 bits per heavy atom. The van der Waals surface area contributed by atoms with E-state index in [1.54, 1.807) is 18.2 Å². The predicted octanol–water partition coefficient (Wildman–Crippen LogP) is 2.86. The Labute approximate surface area is 142 Å². The van der Waals surface area contributed by atoms with Crippen molar-refractivity contribution in [3.63, 3.8) is 0 Å². The van der Waals surface area contributed by atoms with Gasteiger partial charge < -0.3 is 9.84 Å². The van der Waals surface area contributed by atoms with E-state index in [9.17, 15) is 19.1 Å². The first-order chi connectivity index (χ1) is 12.0. The highest BCUT2D eigenvalue weighted by Gasteiger charge is 2.42. The van der Waals surface area contributed by atoms with Crippen LogP contribution < -0.4 is 4.90 Å². The van der Waals surface area contributed by atoms with Crippen molar-refractivity contribution in [3.8, 4) is 5.75 Å². The second-order valence-electron chi connectivity index (χ2n) is 5.99. The maximum absolute atomic E-state index is 13.6. The summed E-state index contributed by atoms with van der Waals surface area (Å²) in [5.41, 5.74) is 1.98. The summed E-state index contributed by atoms with van der Waals surface area (Å²) in [5, 5.41) is 9.45. The molecular weight excluding hydrogens is 325 g/mol. The van der Waals surface area contributed by atoms with Crippen LogP contribution in [0.3, 0.4) is 0 Å². The van der Waals surface area contributed by atoms with Crippen LogP contribution in [0.4, 0.5) is 10.1 Å². The van der Waals surface area contributed by atoms with Gasteiger partial charge in [0, 0.05) is 12.3 Å². The zero-order valence-electron chi connectivity index (χ0n) is 13.1. The Kier molecular flexibility index (Phi) is 3.53. The van der Waals surface area contributed by atoms with Crippen molar-refractivity contribution in [2.75, 3.05) is 11.5 Å². The number of nitrogens with zero attached hydrogens (tertiary/aromatic N) is 1. The molecule has 0 saturated heterocycles. The number of phenolic OH excluding ortho intramolecular Hbond substituents is 1. The van der Waals surface area contributed by atoms with E-state index in [-0.39, 0.29) is 24.7 Å². The minimum atomic E-state index is -0.470. The van der Waals surface area contributed by atoms with Crippen molar-refractivity contribution in [2.45, 2.75) is 12.3 Å². The number of carbonyl (C=O) groups excluding carboxylic acids is 2. The number of rotatable bonds is 2. The van der Waals surface area contributed by atoms with E-state index in [0.29, 0.717) is 17.0 Å².